The summed E-state index contributed by atoms with van der Waals surface area (Å²) < 4.78 is 15.3. The lowest BCUT2D eigenvalue weighted by Gasteiger charge is -2.14. The van der Waals surface area contributed by atoms with Gasteiger partial charge in [-0.2, -0.15) is 0 Å². The Morgan fingerprint density at radius 2 is 2.17 bits per heavy atom. The number of benzene rings is 1. The first kappa shape index (κ1) is 14.3. The van der Waals surface area contributed by atoms with Crippen molar-refractivity contribution in [3.05, 3.63) is 23.8 Å². The molecule has 0 aromatic heterocycles. The number of rotatable bonds is 6. The molecule has 5 heteroatoms. The Labute approximate surface area is 107 Å². The molecule has 0 aliphatic heterocycles. The predicted molar refractivity (Wildman–Crippen MR) is 67.7 cm³/mol. The first-order valence-electron chi connectivity index (χ1n) is 5.80. The van der Waals surface area contributed by atoms with Gasteiger partial charge in [0.25, 0.3) is 0 Å². The predicted octanol–water partition coefficient (Wildman–Crippen LogP) is 1.66. The lowest BCUT2D eigenvalue weighted by Crippen LogP contribution is -2.16. The maximum absolute atomic E-state index is 11.2. The molecule has 0 aliphatic carbocycles. The van der Waals surface area contributed by atoms with Gasteiger partial charge in [-0.15, -0.1) is 0 Å². The summed E-state index contributed by atoms with van der Waals surface area (Å²) in [6, 6.07) is 5.14. The highest BCUT2D eigenvalue weighted by Crippen LogP contribution is 2.28. The molecule has 0 aliphatic rings. The van der Waals surface area contributed by atoms with Crippen molar-refractivity contribution in [2.75, 3.05) is 20.3 Å². The molecular weight excluding hydrogens is 234 g/mol. The van der Waals surface area contributed by atoms with Gasteiger partial charge in [0.1, 0.15) is 11.5 Å². The lowest BCUT2D eigenvalue weighted by molar-refractivity contribution is -0.145. The molecule has 0 saturated heterocycles. The molecule has 0 heterocycles. The normalized spacial score (nSPS) is 11.8. The van der Waals surface area contributed by atoms with Gasteiger partial charge in [0, 0.05) is 17.7 Å². The fourth-order valence-corrected chi connectivity index (χ4v) is 1.48. The molecule has 0 spiro atoms. The van der Waals surface area contributed by atoms with E-state index in [-0.39, 0.29) is 12.6 Å². The maximum atomic E-state index is 11.2. The Balaban J connectivity index is 2.80. The third-order valence-corrected chi connectivity index (χ3v) is 2.36. The van der Waals surface area contributed by atoms with Crippen molar-refractivity contribution in [2.24, 2.45) is 5.73 Å². The Morgan fingerprint density at radius 1 is 1.44 bits per heavy atom. The van der Waals surface area contributed by atoms with Gasteiger partial charge < -0.3 is 19.9 Å². The summed E-state index contributed by atoms with van der Waals surface area (Å²) in [7, 11) is 1.57. The number of methoxy groups -OCH3 is 1. The van der Waals surface area contributed by atoms with Gasteiger partial charge in [-0.3, -0.25) is 0 Å². The summed E-state index contributed by atoms with van der Waals surface area (Å²) in [5.41, 5.74) is 6.65. The van der Waals surface area contributed by atoms with Crippen LogP contribution in [0.15, 0.2) is 18.2 Å². The van der Waals surface area contributed by atoms with E-state index in [2.05, 4.69) is 0 Å². The molecule has 1 aromatic rings. The SMILES string of the molecule is CCOC(=O)COc1cc(OC)ccc1[C@@H](C)N. The third-order valence-electron chi connectivity index (χ3n) is 2.36. The van der Waals surface area contributed by atoms with Crippen molar-refractivity contribution in [1.29, 1.82) is 0 Å². The maximum Gasteiger partial charge on any atom is 0.344 e. The van der Waals surface area contributed by atoms with Gasteiger partial charge in [-0.25, -0.2) is 4.79 Å². The molecule has 0 radical (unpaired) electrons. The van der Waals surface area contributed by atoms with E-state index in [1.807, 2.05) is 13.0 Å². The fraction of sp³-hybridized carbons (Fsp3) is 0.462. The van der Waals surface area contributed by atoms with Crippen LogP contribution in [0, 0.1) is 0 Å². The summed E-state index contributed by atoms with van der Waals surface area (Å²) in [6.07, 6.45) is 0. The monoisotopic (exact) mass is 253 g/mol. The molecule has 0 unspecified atom stereocenters. The van der Waals surface area contributed by atoms with Gasteiger partial charge >= 0.3 is 5.97 Å². The van der Waals surface area contributed by atoms with Crippen LogP contribution in [0.2, 0.25) is 0 Å². The van der Waals surface area contributed by atoms with Crippen molar-refractivity contribution in [2.45, 2.75) is 19.9 Å². The van der Waals surface area contributed by atoms with Gasteiger partial charge in [0.2, 0.25) is 0 Å². The molecular formula is C13H19NO4. The van der Waals surface area contributed by atoms with E-state index in [1.54, 1.807) is 26.2 Å². The average molecular weight is 253 g/mol. The number of esters is 1. The van der Waals surface area contributed by atoms with Crippen molar-refractivity contribution >= 4 is 5.97 Å². The Bertz CT molecular complexity index is 404. The Hall–Kier alpha value is -1.75. The van der Waals surface area contributed by atoms with Crippen LogP contribution in [0.25, 0.3) is 0 Å². The minimum Gasteiger partial charge on any atom is -0.497 e. The number of hydrogen-bond acceptors (Lipinski definition) is 5. The summed E-state index contributed by atoms with van der Waals surface area (Å²) >= 11 is 0. The minimum absolute atomic E-state index is 0.138. The van der Waals surface area contributed by atoms with Crippen LogP contribution in [0.1, 0.15) is 25.5 Å². The molecule has 1 aromatic carbocycles. The zero-order valence-electron chi connectivity index (χ0n) is 10.9. The van der Waals surface area contributed by atoms with E-state index >= 15 is 0 Å². The molecule has 1 rings (SSSR count). The smallest absolute Gasteiger partial charge is 0.344 e. The number of hydrogen-bond donors (Lipinski definition) is 1. The van der Waals surface area contributed by atoms with Crippen LogP contribution in [0.4, 0.5) is 0 Å². The van der Waals surface area contributed by atoms with E-state index in [0.29, 0.717) is 18.1 Å². The van der Waals surface area contributed by atoms with Crippen molar-refractivity contribution in [3.8, 4) is 11.5 Å². The third kappa shape index (κ3) is 3.92. The molecule has 0 fully saturated rings. The molecule has 1 atom stereocenters. The highest BCUT2D eigenvalue weighted by Gasteiger charge is 2.11. The summed E-state index contributed by atoms with van der Waals surface area (Å²) in [6.45, 7) is 3.79. The van der Waals surface area contributed by atoms with Crippen LogP contribution in [-0.4, -0.2) is 26.3 Å². The van der Waals surface area contributed by atoms with Gasteiger partial charge in [0.15, 0.2) is 6.61 Å². The van der Waals surface area contributed by atoms with Crippen molar-refractivity contribution < 1.29 is 19.0 Å². The minimum atomic E-state index is -0.407. The van der Waals surface area contributed by atoms with Crippen LogP contribution in [0.3, 0.4) is 0 Å². The van der Waals surface area contributed by atoms with Gasteiger partial charge in [-0.1, -0.05) is 6.07 Å². The van der Waals surface area contributed by atoms with E-state index < -0.39 is 5.97 Å². The van der Waals surface area contributed by atoms with Crippen LogP contribution < -0.4 is 15.2 Å². The average Bonchev–Trinajstić information content (AvgIpc) is 2.36. The van der Waals surface area contributed by atoms with Gasteiger partial charge in [-0.05, 0) is 19.9 Å². The summed E-state index contributed by atoms with van der Waals surface area (Å²) in [5.74, 6) is 0.784. The van der Waals surface area contributed by atoms with E-state index in [1.165, 1.54) is 0 Å². The first-order valence-corrected chi connectivity index (χ1v) is 5.80. The number of carbonyl (C=O) groups excluding carboxylic acids is 1. The molecule has 0 bridgehead atoms. The first-order chi connectivity index (χ1) is 8.58. The quantitative estimate of drug-likeness (QED) is 0.781. The molecule has 100 valence electrons. The standard InChI is InChI=1S/C13H19NO4/c1-4-17-13(15)8-18-12-7-10(16-3)5-6-11(12)9(2)14/h5-7,9H,4,8,14H2,1-3H3/t9-/m1/s1. The van der Waals surface area contributed by atoms with Crippen LogP contribution >= 0.6 is 0 Å². The molecule has 5 nitrogen and oxygen atoms in total. The largest absolute Gasteiger partial charge is 0.497 e. The highest BCUT2D eigenvalue weighted by molar-refractivity contribution is 5.71. The lowest BCUT2D eigenvalue weighted by atomic mass is 10.1. The summed E-state index contributed by atoms with van der Waals surface area (Å²) in [4.78, 5) is 11.2. The topological polar surface area (TPSA) is 70.8 Å². The second kappa shape index (κ2) is 6.86. The van der Waals surface area contributed by atoms with Gasteiger partial charge in [0.05, 0.1) is 13.7 Å². The number of ether oxygens (including phenoxy) is 3. The molecule has 18 heavy (non-hydrogen) atoms. The zero-order chi connectivity index (χ0) is 13.5. The highest BCUT2D eigenvalue weighted by atomic mass is 16.6. The number of carbonyl (C=O) groups is 1. The van der Waals surface area contributed by atoms with Crippen LogP contribution in [0.5, 0.6) is 11.5 Å². The summed E-state index contributed by atoms with van der Waals surface area (Å²) in [5, 5.41) is 0. The molecule has 2 N–H and O–H groups in total. The zero-order valence-corrected chi connectivity index (χ0v) is 10.9. The van der Waals surface area contributed by atoms with Crippen LogP contribution in [-0.2, 0) is 9.53 Å². The number of nitrogens with two attached hydrogens (primary N) is 1. The van der Waals surface area contributed by atoms with E-state index in [9.17, 15) is 4.79 Å². The second-order valence-corrected chi connectivity index (χ2v) is 3.79. The Morgan fingerprint density at radius 3 is 2.72 bits per heavy atom. The second-order valence-electron chi connectivity index (χ2n) is 3.79. The van der Waals surface area contributed by atoms with Crippen molar-refractivity contribution in [1.82, 2.24) is 0 Å². The fourth-order valence-electron chi connectivity index (χ4n) is 1.48. The van der Waals surface area contributed by atoms with E-state index in [0.717, 1.165) is 5.56 Å². The molecule has 0 amide bonds. The Kier molecular flexibility index (Phi) is 5.45. The van der Waals surface area contributed by atoms with E-state index in [4.69, 9.17) is 19.9 Å². The van der Waals surface area contributed by atoms with Crippen molar-refractivity contribution in [3.63, 3.8) is 0 Å². The molecule has 0 saturated carbocycles.